The highest BCUT2D eigenvalue weighted by Crippen LogP contribution is 2.25. The predicted octanol–water partition coefficient (Wildman–Crippen LogP) is 2.34. The van der Waals surface area contributed by atoms with Gasteiger partial charge < -0.3 is 10.2 Å². The number of carbonyl (C=O) groups excluding carboxylic acids is 1. The van der Waals surface area contributed by atoms with E-state index in [1.165, 1.54) is 0 Å². The van der Waals surface area contributed by atoms with Gasteiger partial charge in [0.25, 0.3) is 0 Å². The summed E-state index contributed by atoms with van der Waals surface area (Å²) in [5.74, 6) is 0.828. The molecule has 0 radical (unpaired) electrons. The number of rotatable bonds is 7. The number of amides is 1. The molecule has 29 heavy (non-hydrogen) atoms. The first-order chi connectivity index (χ1) is 13.9. The fourth-order valence-corrected chi connectivity index (χ4v) is 4.78. The molecule has 0 aliphatic carbocycles. The van der Waals surface area contributed by atoms with E-state index in [1.54, 1.807) is 6.20 Å². The largest absolute Gasteiger partial charge is 0.357 e. The minimum absolute atomic E-state index is 0.0732. The first-order valence-corrected chi connectivity index (χ1v) is 11.8. The second-order valence-corrected chi connectivity index (χ2v) is 9.37. The molecule has 1 aromatic heterocycles. The van der Waals surface area contributed by atoms with Crippen LogP contribution in [0.4, 0.5) is 11.5 Å². The number of anilines is 2. The van der Waals surface area contributed by atoms with Crippen LogP contribution in [0.2, 0.25) is 0 Å². The maximum Gasteiger partial charge on any atom is 0.246 e. The standard InChI is InChI=1S/C21H28N4O3S/c1-3-24(4-2)19-11-10-18(16-22-19)23-21(26)20(17-8-6-5-7-9-17)25-12-14-29(27,28)15-13-25/h5-11,16,20H,3-4,12-15H2,1-2H3,(H,23,26). The number of carbonyl (C=O) groups is 1. The van der Waals surface area contributed by atoms with Gasteiger partial charge >= 0.3 is 0 Å². The SMILES string of the molecule is CCN(CC)c1ccc(NC(=O)C(c2ccccc2)N2CCS(=O)(=O)CC2)cn1. The maximum atomic E-state index is 13.2. The van der Waals surface area contributed by atoms with Crippen LogP contribution in [0.1, 0.15) is 25.5 Å². The lowest BCUT2D eigenvalue weighted by Gasteiger charge is -2.33. The molecule has 1 fully saturated rings. The van der Waals surface area contributed by atoms with Gasteiger partial charge in [0.1, 0.15) is 11.9 Å². The van der Waals surface area contributed by atoms with Crippen molar-refractivity contribution < 1.29 is 13.2 Å². The summed E-state index contributed by atoms with van der Waals surface area (Å²) in [6.07, 6.45) is 1.66. The van der Waals surface area contributed by atoms with Crippen LogP contribution in [0.5, 0.6) is 0 Å². The van der Waals surface area contributed by atoms with E-state index in [1.807, 2.05) is 47.4 Å². The lowest BCUT2D eigenvalue weighted by Crippen LogP contribution is -2.46. The van der Waals surface area contributed by atoms with Crippen LogP contribution in [-0.4, -0.2) is 61.9 Å². The number of sulfone groups is 1. The average Bonchev–Trinajstić information content (AvgIpc) is 2.72. The molecule has 0 saturated carbocycles. The predicted molar refractivity (Wildman–Crippen MR) is 116 cm³/mol. The van der Waals surface area contributed by atoms with Gasteiger partial charge in [0.2, 0.25) is 5.91 Å². The Labute approximate surface area is 172 Å². The molecule has 1 aromatic carbocycles. The van der Waals surface area contributed by atoms with Gasteiger partial charge in [-0.1, -0.05) is 30.3 Å². The first-order valence-electron chi connectivity index (χ1n) is 9.94. The quantitative estimate of drug-likeness (QED) is 0.746. The van der Waals surface area contributed by atoms with Crippen molar-refractivity contribution in [3.8, 4) is 0 Å². The number of nitrogens with one attached hydrogen (secondary N) is 1. The zero-order chi connectivity index (χ0) is 20.9. The molecule has 1 saturated heterocycles. The van der Waals surface area contributed by atoms with E-state index in [-0.39, 0.29) is 17.4 Å². The zero-order valence-corrected chi connectivity index (χ0v) is 17.7. The summed E-state index contributed by atoms with van der Waals surface area (Å²) in [6, 6.07) is 12.7. The van der Waals surface area contributed by atoms with Gasteiger partial charge in [-0.2, -0.15) is 0 Å². The summed E-state index contributed by atoms with van der Waals surface area (Å²) < 4.78 is 23.6. The third-order valence-electron chi connectivity index (χ3n) is 5.21. The molecule has 1 aliphatic heterocycles. The van der Waals surface area contributed by atoms with Crippen LogP contribution in [0.15, 0.2) is 48.7 Å². The number of nitrogens with zero attached hydrogens (tertiary/aromatic N) is 3. The molecule has 2 heterocycles. The van der Waals surface area contributed by atoms with E-state index in [0.717, 1.165) is 24.5 Å². The maximum absolute atomic E-state index is 13.2. The molecule has 1 atom stereocenters. The Morgan fingerprint density at radius 3 is 2.31 bits per heavy atom. The second-order valence-electron chi connectivity index (χ2n) is 7.07. The molecule has 0 bridgehead atoms. The zero-order valence-electron chi connectivity index (χ0n) is 16.9. The van der Waals surface area contributed by atoms with E-state index < -0.39 is 15.9 Å². The van der Waals surface area contributed by atoms with Crippen molar-refractivity contribution in [1.82, 2.24) is 9.88 Å². The fourth-order valence-electron chi connectivity index (χ4n) is 3.55. The van der Waals surface area contributed by atoms with Gasteiger partial charge in [-0.25, -0.2) is 13.4 Å². The van der Waals surface area contributed by atoms with Crippen LogP contribution in [0.3, 0.4) is 0 Å². The second kappa shape index (κ2) is 9.37. The van der Waals surface area contributed by atoms with Crippen molar-refractivity contribution in [2.75, 3.05) is 47.9 Å². The Balaban J connectivity index is 1.78. The Kier molecular flexibility index (Phi) is 6.87. The number of pyridine rings is 1. The number of hydrogen-bond donors (Lipinski definition) is 1. The number of aromatic nitrogens is 1. The van der Waals surface area contributed by atoms with Crippen LogP contribution >= 0.6 is 0 Å². The highest BCUT2D eigenvalue weighted by Gasteiger charge is 2.32. The van der Waals surface area contributed by atoms with E-state index in [9.17, 15) is 13.2 Å². The van der Waals surface area contributed by atoms with Gasteiger partial charge in [-0.15, -0.1) is 0 Å². The van der Waals surface area contributed by atoms with E-state index in [0.29, 0.717) is 18.8 Å². The lowest BCUT2D eigenvalue weighted by atomic mass is 10.0. The Morgan fingerprint density at radius 1 is 1.10 bits per heavy atom. The fraction of sp³-hybridized carbons (Fsp3) is 0.429. The summed E-state index contributed by atoms with van der Waals surface area (Å²) in [5, 5.41) is 2.95. The van der Waals surface area contributed by atoms with Gasteiger partial charge in [-0.3, -0.25) is 9.69 Å². The molecule has 3 rings (SSSR count). The van der Waals surface area contributed by atoms with Gasteiger partial charge in [-0.05, 0) is 31.5 Å². The van der Waals surface area contributed by atoms with Crippen LogP contribution in [0.25, 0.3) is 0 Å². The molecule has 0 spiro atoms. The minimum Gasteiger partial charge on any atom is -0.357 e. The molecule has 1 N–H and O–H groups in total. The highest BCUT2D eigenvalue weighted by molar-refractivity contribution is 7.91. The van der Waals surface area contributed by atoms with Crippen LogP contribution < -0.4 is 10.2 Å². The minimum atomic E-state index is -3.02. The molecule has 1 amide bonds. The lowest BCUT2D eigenvalue weighted by molar-refractivity contribution is -0.121. The monoisotopic (exact) mass is 416 g/mol. The summed E-state index contributed by atoms with van der Waals surface area (Å²) in [5.41, 5.74) is 1.47. The molecule has 8 heteroatoms. The third-order valence-corrected chi connectivity index (χ3v) is 6.82. The highest BCUT2D eigenvalue weighted by atomic mass is 32.2. The normalized spacial score (nSPS) is 17.4. The molecule has 2 aromatic rings. The van der Waals surface area contributed by atoms with E-state index in [2.05, 4.69) is 29.0 Å². The van der Waals surface area contributed by atoms with Crippen molar-refractivity contribution in [2.24, 2.45) is 0 Å². The first kappa shape index (κ1) is 21.3. The molecular formula is C21H28N4O3S. The molecule has 1 aliphatic rings. The molecular weight excluding hydrogens is 388 g/mol. The van der Waals surface area contributed by atoms with Crippen LogP contribution in [-0.2, 0) is 14.6 Å². The summed E-state index contributed by atoms with van der Waals surface area (Å²) >= 11 is 0. The van der Waals surface area contributed by atoms with Crippen molar-refractivity contribution >= 4 is 27.2 Å². The van der Waals surface area contributed by atoms with Crippen molar-refractivity contribution in [3.05, 3.63) is 54.2 Å². The van der Waals surface area contributed by atoms with Crippen LogP contribution in [0, 0.1) is 0 Å². The molecule has 1 unspecified atom stereocenters. The number of benzene rings is 1. The Morgan fingerprint density at radius 2 is 1.76 bits per heavy atom. The summed E-state index contributed by atoms with van der Waals surface area (Å²) in [7, 11) is -3.02. The number of hydrogen-bond acceptors (Lipinski definition) is 6. The van der Waals surface area contributed by atoms with Crippen molar-refractivity contribution in [1.29, 1.82) is 0 Å². The smallest absolute Gasteiger partial charge is 0.246 e. The van der Waals surface area contributed by atoms with Crippen molar-refractivity contribution in [2.45, 2.75) is 19.9 Å². The summed E-state index contributed by atoms with van der Waals surface area (Å²) in [4.78, 5) is 21.7. The van der Waals surface area contributed by atoms with Gasteiger partial charge in [0.15, 0.2) is 9.84 Å². The van der Waals surface area contributed by atoms with E-state index >= 15 is 0 Å². The topological polar surface area (TPSA) is 82.6 Å². The van der Waals surface area contributed by atoms with E-state index in [4.69, 9.17) is 0 Å². The third kappa shape index (κ3) is 5.33. The van der Waals surface area contributed by atoms with Crippen molar-refractivity contribution in [3.63, 3.8) is 0 Å². The van der Waals surface area contributed by atoms with Gasteiger partial charge in [0, 0.05) is 26.2 Å². The Hall–Kier alpha value is -2.45. The summed E-state index contributed by atoms with van der Waals surface area (Å²) in [6.45, 7) is 6.56. The van der Waals surface area contributed by atoms with Gasteiger partial charge in [0.05, 0.1) is 23.4 Å². The average molecular weight is 417 g/mol. The molecule has 7 nitrogen and oxygen atoms in total. The molecule has 156 valence electrons. The Bertz CT molecular complexity index is 899.